The third-order valence-electron chi connectivity index (χ3n) is 2.44. The molecule has 2 N–H and O–H groups in total. The van der Waals surface area contributed by atoms with Gasteiger partial charge in [-0.15, -0.1) is 0 Å². The van der Waals surface area contributed by atoms with Crippen LogP contribution in [-0.4, -0.2) is 9.19 Å². The number of benzene rings is 1. The summed E-state index contributed by atoms with van der Waals surface area (Å²) in [7, 11) is -1.20. The molecule has 6 heteroatoms. The van der Waals surface area contributed by atoms with E-state index in [-0.39, 0.29) is 0 Å². The van der Waals surface area contributed by atoms with Crippen LogP contribution >= 0.6 is 15.9 Å². The van der Waals surface area contributed by atoms with Crippen molar-refractivity contribution in [3.8, 4) is 6.07 Å². The lowest BCUT2D eigenvalue weighted by Crippen LogP contribution is -1.99. The predicted molar refractivity (Wildman–Crippen MR) is 77.6 cm³/mol. The molecule has 0 aliphatic carbocycles. The molecular formula is C13H10BrN3OS. The Bertz CT molecular complexity index is 682. The fraction of sp³-hybridized carbons (Fsp3) is 0.0769. The smallest absolute Gasteiger partial charge is 0.140 e. The minimum absolute atomic E-state index is 0.325. The maximum atomic E-state index is 12.3. The SMILES string of the molecule is N#Cc1cc(CS(=O)c2ccc(N)cc2Br)ccn1. The first-order valence-electron chi connectivity index (χ1n) is 5.38. The van der Waals surface area contributed by atoms with Crippen molar-refractivity contribution in [2.45, 2.75) is 10.6 Å². The second-order valence-corrected chi connectivity index (χ2v) is 6.11. The van der Waals surface area contributed by atoms with E-state index in [1.165, 1.54) is 0 Å². The standard InChI is InChI=1S/C13H10BrN3OS/c14-12-6-10(16)1-2-13(12)19(18)8-9-3-4-17-11(5-9)7-15/h1-6H,8,16H2. The van der Waals surface area contributed by atoms with Crippen LogP contribution in [0.3, 0.4) is 0 Å². The number of rotatable bonds is 3. The summed E-state index contributed by atoms with van der Waals surface area (Å²) in [5, 5.41) is 8.78. The zero-order valence-electron chi connectivity index (χ0n) is 9.84. The Hall–Kier alpha value is -1.71. The van der Waals surface area contributed by atoms with Crippen LogP contribution in [0, 0.1) is 11.3 Å². The largest absolute Gasteiger partial charge is 0.399 e. The fourth-order valence-electron chi connectivity index (χ4n) is 1.56. The molecule has 1 atom stereocenters. The quantitative estimate of drug-likeness (QED) is 0.874. The van der Waals surface area contributed by atoms with Crippen molar-refractivity contribution in [3.63, 3.8) is 0 Å². The van der Waals surface area contributed by atoms with Crippen LogP contribution in [0.15, 0.2) is 45.9 Å². The van der Waals surface area contributed by atoms with Gasteiger partial charge in [0.05, 0.1) is 21.4 Å². The van der Waals surface area contributed by atoms with Crippen LogP contribution in [0.25, 0.3) is 0 Å². The number of nitrogen functional groups attached to an aromatic ring is 1. The van der Waals surface area contributed by atoms with Gasteiger partial charge in [0.15, 0.2) is 0 Å². The molecule has 0 spiro atoms. The molecule has 0 aliphatic heterocycles. The molecule has 1 aromatic carbocycles. The van der Waals surface area contributed by atoms with E-state index >= 15 is 0 Å². The maximum absolute atomic E-state index is 12.3. The molecule has 0 saturated heterocycles. The Morgan fingerprint density at radius 3 is 2.84 bits per heavy atom. The fourth-order valence-corrected chi connectivity index (χ4v) is 3.63. The number of halogens is 1. The number of nitrogens with two attached hydrogens (primary N) is 1. The molecule has 2 aromatic rings. The highest BCUT2D eigenvalue weighted by molar-refractivity contribution is 9.10. The number of hydrogen-bond donors (Lipinski definition) is 1. The lowest BCUT2D eigenvalue weighted by Gasteiger charge is -2.06. The summed E-state index contributed by atoms with van der Waals surface area (Å²) < 4.78 is 13.0. The number of nitriles is 1. The summed E-state index contributed by atoms with van der Waals surface area (Å²) in [6.07, 6.45) is 1.54. The van der Waals surface area contributed by atoms with Crippen molar-refractivity contribution in [1.82, 2.24) is 4.98 Å². The average Bonchev–Trinajstić information content (AvgIpc) is 2.38. The number of anilines is 1. The molecule has 19 heavy (non-hydrogen) atoms. The first-order valence-corrected chi connectivity index (χ1v) is 7.50. The molecule has 2 rings (SSSR count). The molecule has 0 aliphatic rings. The van der Waals surface area contributed by atoms with Gasteiger partial charge >= 0.3 is 0 Å². The topological polar surface area (TPSA) is 79.8 Å². The molecule has 0 fully saturated rings. The van der Waals surface area contributed by atoms with Crippen LogP contribution in [0.1, 0.15) is 11.3 Å². The van der Waals surface area contributed by atoms with E-state index in [2.05, 4.69) is 20.9 Å². The Morgan fingerprint density at radius 2 is 2.16 bits per heavy atom. The van der Waals surface area contributed by atoms with Gasteiger partial charge in [-0.3, -0.25) is 4.21 Å². The van der Waals surface area contributed by atoms with E-state index in [4.69, 9.17) is 11.0 Å². The van der Waals surface area contributed by atoms with Crippen LogP contribution < -0.4 is 5.73 Å². The number of nitrogens with zero attached hydrogens (tertiary/aromatic N) is 2. The van der Waals surface area contributed by atoms with Gasteiger partial charge in [-0.2, -0.15) is 5.26 Å². The summed E-state index contributed by atoms with van der Waals surface area (Å²) in [5.74, 6) is 0.333. The molecule has 4 nitrogen and oxygen atoms in total. The average molecular weight is 336 g/mol. The highest BCUT2D eigenvalue weighted by Gasteiger charge is 2.10. The molecule has 1 aromatic heterocycles. The van der Waals surface area contributed by atoms with Gasteiger partial charge in [0, 0.05) is 16.4 Å². The summed E-state index contributed by atoms with van der Waals surface area (Å²) >= 11 is 3.35. The zero-order valence-corrected chi connectivity index (χ0v) is 12.2. The molecule has 0 radical (unpaired) electrons. The normalized spacial score (nSPS) is 11.8. The van der Waals surface area contributed by atoms with Gasteiger partial charge in [0.25, 0.3) is 0 Å². The number of hydrogen-bond acceptors (Lipinski definition) is 4. The van der Waals surface area contributed by atoms with Crippen LogP contribution in [0.2, 0.25) is 0 Å². The molecule has 0 bridgehead atoms. The molecule has 0 amide bonds. The highest BCUT2D eigenvalue weighted by Crippen LogP contribution is 2.24. The lowest BCUT2D eigenvalue weighted by molar-refractivity contribution is 0.682. The third-order valence-corrected chi connectivity index (χ3v) is 4.80. The van der Waals surface area contributed by atoms with Crippen molar-refractivity contribution in [2.24, 2.45) is 0 Å². The first kappa shape index (κ1) is 13.7. The van der Waals surface area contributed by atoms with E-state index < -0.39 is 10.8 Å². The minimum atomic E-state index is -1.20. The second kappa shape index (κ2) is 5.95. The van der Waals surface area contributed by atoms with Gasteiger partial charge in [0.1, 0.15) is 11.8 Å². The Kier molecular flexibility index (Phi) is 4.30. The highest BCUT2D eigenvalue weighted by atomic mass is 79.9. The van der Waals surface area contributed by atoms with Crippen molar-refractivity contribution >= 4 is 32.4 Å². The predicted octanol–water partition coefficient (Wildman–Crippen LogP) is 2.61. The molecule has 96 valence electrons. The summed E-state index contributed by atoms with van der Waals surface area (Å²) in [6, 6.07) is 10.5. The molecular weight excluding hydrogens is 326 g/mol. The molecule has 1 heterocycles. The van der Waals surface area contributed by atoms with Crippen molar-refractivity contribution in [2.75, 3.05) is 5.73 Å². The minimum Gasteiger partial charge on any atom is -0.399 e. The second-order valence-electron chi connectivity index (χ2n) is 3.84. The van der Waals surface area contributed by atoms with Crippen molar-refractivity contribution in [1.29, 1.82) is 5.26 Å². The summed E-state index contributed by atoms with van der Waals surface area (Å²) in [4.78, 5) is 4.57. The van der Waals surface area contributed by atoms with Crippen LogP contribution in [-0.2, 0) is 16.6 Å². The van der Waals surface area contributed by atoms with Gasteiger partial charge in [-0.1, -0.05) is 0 Å². The van der Waals surface area contributed by atoms with E-state index in [0.717, 1.165) is 10.0 Å². The lowest BCUT2D eigenvalue weighted by atomic mass is 10.2. The van der Waals surface area contributed by atoms with Crippen LogP contribution in [0.4, 0.5) is 5.69 Å². The van der Waals surface area contributed by atoms with Crippen molar-refractivity contribution < 1.29 is 4.21 Å². The molecule has 0 saturated carbocycles. The number of aromatic nitrogens is 1. The van der Waals surface area contributed by atoms with E-state index in [0.29, 0.717) is 22.0 Å². The third kappa shape index (κ3) is 3.40. The van der Waals surface area contributed by atoms with E-state index in [1.54, 1.807) is 36.5 Å². The van der Waals surface area contributed by atoms with E-state index in [9.17, 15) is 4.21 Å². The van der Waals surface area contributed by atoms with Gasteiger partial charge in [-0.25, -0.2) is 4.98 Å². The Morgan fingerprint density at radius 1 is 1.37 bits per heavy atom. The zero-order chi connectivity index (χ0) is 13.8. The summed E-state index contributed by atoms with van der Waals surface area (Å²) in [5.41, 5.74) is 7.40. The summed E-state index contributed by atoms with van der Waals surface area (Å²) in [6.45, 7) is 0. The van der Waals surface area contributed by atoms with Gasteiger partial charge in [0.2, 0.25) is 0 Å². The number of pyridine rings is 1. The van der Waals surface area contributed by atoms with Crippen LogP contribution in [0.5, 0.6) is 0 Å². The maximum Gasteiger partial charge on any atom is 0.140 e. The molecule has 1 unspecified atom stereocenters. The first-order chi connectivity index (χ1) is 9.10. The Balaban J connectivity index is 2.23. The van der Waals surface area contributed by atoms with E-state index in [1.807, 2.05) is 6.07 Å². The Labute approximate surface area is 121 Å². The van der Waals surface area contributed by atoms with Gasteiger partial charge in [-0.05, 0) is 51.8 Å². The van der Waals surface area contributed by atoms with Crippen molar-refractivity contribution in [3.05, 3.63) is 52.3 Å². The monoisotopic (exact) mass is 335 g/mol. The van der Waals surface area contributed by atoms with Gasteiger partial charge < -0.3 is 5.73 Å².